The van der Waals surface area contributed by atoms with Crippen molar-refractivity contribution >= 4 is 35.0 Å². The highest BCUT2D eigenvalue weighted by Crippen LogP contribution is 2.83. The van der Waals surface area contributed by atoms with E-state index >= 15 is 0 Å². The summed E-state index contributed by atoms with van der Waals surface area (Å²) in [6.45, 7) is 7.98. The lowest BCUT2D eigenvalue weighted by atomic mass is 9.46. The van der Waals surface area contributed by atoms with Crippen LogP contribution in [-0.2, 0) is 39.8 Å². The van der Waals surface area contributed by atoms with E-state index in [0.29, 0.717) is 19.4 Å². The maximum Gasteiger partial charge on any atom is 0.334 e. The predicted octanol–water partition coefficient (Wildman–Crippen LogP) is 3.64. The third-order valence-electron chi connectivity index (χ3n) is 14.1. The third kappa shape index (κ3) is 5.00. The van der Waals surface area contributed by atoms with Crippen molar-refractivity contribution in [3.8, 4) is 0 Å². The van der Waals surface area contributed by atoms with Crippen LogP contribution in [0.3, 0.4) is 0 Å². The van der Waals surface area contributed by atoms with Gasteiger partial charge in [0.05, 0.1) is 6.10 Å². The van der Waals surface area contributed by atoms with Gasteiger partial charge in [-0.2, -0.15) is 0 Å². The molecule has 6 heterocycles. The Bertz CT molecular complexity index is 2020. The number of benzene rings is 1. The number of ether oxygens (including phenoxy) is 5. The lowest BCUT2D eigenvalue weighted by molar-refractivity contribution is -0.697. The average Bonchev–Trinajstić information content (AvgIpc) is 4.09. The van der Waals surface area contributed by atoms with E-state index in [4.69, 9.17) is 23.7 Å². The molecule has 4 aliphatic heterocycles. The van der Waals surface area contributed by atoms with Crippen LogP contribution >= 0.6 is 0 Å². The number of aromatic amines is 1. The van der Waals surface area contributed by atoms with Gasteiger partial charge in [-0.15, -0.1) is 0 Å². The van der Waals surface area contributed by atoms with Crippen molar-refractivity contribution in [1.29, 1.82) is 0 Å². The number of carbonyl (C=O) groups is 2. The number of aromatic nitrogens is 2. The second-order valence-electron chi connectivity index (χ2n) is 16.9. The summed E-state index contributed by atoms with van der Waals surface area (Å²) in [4.78, 5) is 29.4. The zero-order valence-corrected chi connectivity index (χ0v) is 32.4. The SMILES string of the molecule is CC(C)[C@]12O[C@H]1[C@@H]1O[C@]13[C@]1(O[C@H]1C[C@H]1C4=C(CC[C@@]13C)C(=O)OC4)[C@@H]2OC(=O)CCCCCCC[n+]1ccc(/C=C/c2c[nH]c3ccccc23)cc1.[Br-]. The molecule has 0 unspecified atom stereocenters. The van der Waals surface area contributed by atoms with Gasteiger partial charge in [-0.1, -0.05) is 64.0 Å². The molecule has 1 N–H and O–H groups in total. The number of aryl methyl sites for hydroxylation is 1. The van der Waals surface area contributed by atoms with Gasteiger partial charge in [0.25, 0.3) is 0 Å². The number of rotatable bonds is 12. The van der Waals surface area contributed by atoms with Gasteiger partial charge < -0.3 is 45.6 Å². The standard InChI is InChI=1S/C43H48N2O7.BrH/c1-26(2)41-36(51-41)37-43(52-37)40(3)19-16-30-31(25-48-38(30)47)32(40)23-34-42(43,50-34)39(41)49-35(46)13-7-5-4-6-10-20-45-21-17-27(18-22-45)14-15-28-24-44-33-12-9-8-11-29(28)33;/h8-9,11-12,14-15,17-18,21-22,24,26,32,34,36-37,39H,4-7,10,13,16,19-20,23,25H2,1-3H3;1H/t32-,34-,36-,37-,39+,40-,41-,42+,43+;/m0./s1. The molecule has 1 aromatic carbocycles. The molecule has 0 bridgehead atoms. The van der Waals surface area contributed by atoms with Crippen LogP contribution in [0, 0.1) is 17.3 Å². The summed E-state index contributed by atoms with van der Waals surface area (Å²) in [7, 11) is 0. The smallest absolute Gasteiger partial charge is 0.334 e. The molecular formula is C43H49BrN2O7. The molecule has 7 aliphatic rings. The summed E-state index contributed by atoms with van der Waals surface area (Å²) in [6, 6.07) is 12.7. The number of nitrogens with zero attached hydrogens (tertiary/aromatic N) is 1. The van der Waals surface area contributed by atoms with Crippen molar-refractivity contribution in [2.24, 2.45) is 17.3 Å². The minimum absolute atomic E-state index is 0. The van der Waals surface area contributed by atoms with Crippen molar-refractivity contribution in [3.05, 3.63) is 77.3 Å². The van der Waals surface area contributed by atoms with E-state index in [0.717, 1.165) is 68.2 Å². The Hall–Kier alpha value is -3.31. The predicted molar refractivity (Wildman–Crippen MR) is 193 cm³/mol. The van der Waals surface area contributed by atoms with Gasteiger partial charge in [0.2, 0.25) is 0 Å². The maximum absolute atomic E-state index is 13.6. The molecule has 5 fully saturated rings. The van der Waals surface area contributed by atoms with Crippen LogP contribution in [0.25, 0.3) is 23.1 Å². The van der Waals surface area contributed by atoms with E-state index in [2.05, 4.69) is 91.4 Å². The van der Waals surface area contributed by atoms with Gasteiger partial charge in [0.15, 0.2) is 24.1 Å². The molecule has 280 valence electrons. The summed E-state index contributed by atoms with van der Waals surface area (Å²) in [5.41, 5.74) is 3.43. The first-order valence-electron chi connectivity index (χ1n) is 19.6. The number of pyridine rings is 1. The number of para-hydroxylation sites is 1. The van der Waals surface area contributed by atoms with E-state index < -0.39 is 22.9 Å². The Morgan fingerprint density at radius 2 is 1.81 bits per heavy atom. The number of hydrogen-bond donors (Lipinski definition) is 1. The Labute approximate surface area is 321 Å². The number of unbranched alkanes of at least 4 members (excludes halogenated alkanes) is 4. The van der Waals surface area contributed by atoms with E-state index in [1.165, 1.54) is 16.5 Å². The van der Waals surface area contributed by atoms with Crippen molar-refractivity contribution in [2.75, 3.05) is 6.61 Å². The number of epoxide rings is 3. The molecular weight excluding hydrogens is 736 g/mol. The lowest BCUT2D eigenvalue weighted by Gasteiger charge is -2.53. The van der Waals surface area contributed by atoms with Gasteiger partial charge in [0, 0.05) is 53.1 Å². The van der Waals surface area contributed by atoms with Crippen LogP contribution in [0.5, 0.6) is 0 Å². The van der Waals surface area contributed by atoms with Crippen molar-refractivity contribution in [1.82, 2.24) is 4.98 Å². The minimum atomic E-state index is -0.694. The van der Waals surface area contributed by atoms with Gasteiger partial charge in [0.1, 0.15) is 36.6 Å². The Kier molecular flexibility index (Phi) is 8.43. The molecule has 3 aromatic rings. The molecule has 3 saturated heterocycles. The zero-order chi connectivity index (χ0) is 35.5. The molecule has 53 heavy (non-hydrogen) atoms. The summed E-state index contributed by atoms with van der Waals surface area (Å²) in [5.74, 6) is -0.0138. The molecule has 0 radical (unpaired) electrons. The fourth-order valence-corrected chi connectivity index (χ4v) is 11.3. The quantitative estimate of drug-likeness (QED) is 0.129. The fourth-order valence-electron chi connectivity index (χ4n) is 11.3. The molecule has 2 spiro atoms. The first-order valence-corrected chi connectivity index (χ1v) is 19.6. The Morgan fingerprint density at radius 3 is 2.64 bits per heavy atom. The first-order chi connectivity index (χ1) is 25.2. The van der Waals surface area contributed by atoms with Gasteiger partial charge in [-0.3, -0.25) is 4.79 Å². The third-order valence-corrected chi connectivity index (χ3v) is 14.1. The number of halogens is 1. The number of carbonyl (C=O) groups excluding carboxylic acids is 2. The first kappa shape index (κ1) is 35.4. The van der Waals surface area contributed by atoms with E-state index in [9.17, 15) is 9.59 Å². The largest absolute Gasteiger partial charge is 1.00 e. The number of cyclic esters (lactones) is 1. The number of fused-ring (bicyclic) bond motifs is 5. The molecule has 3 aliphatic carbocycles. The summed E-state index contributed by atoms with van der Waals surface area (Å²) >= 11 is 0. The summed E-state index contributed by atoms with van der Waals surface area (Å²) in [6.07, 6.45) is 17.7. The second-order valence-corrected chi connectivity index (χ2v) is 16.9. The van der Waals surface area contributed by atoms with Crippen LogP contribution in [0.2, 0.25) is 0 Å². The zero-order valence-electron chi connectivity index (χ0n) is 30.8. The van der Waals surface area contributed by atoms with Crippen LogP contribution < -0.4 is 21.5 Å². The highest BCUT2D eigenvalue weighted by atomic mass is 79.9. The van der Waals surface area contributed by atoms with Crippen LogP contribution in [0.1, 0.15) is 89.7 Å². The normalized spacial score (nSPS) is 36.8. The molecule has 9 nitrogen and oxygen atoms in total. The molecule has 9 atom stereocenters. The number of esters is 2. The van der Waals surface area contributed by atoms with Crippen molar-refractivity contribution < 1.29 is 54.8 Å². The van der Waals surface area contributed by atoms with E-state index in [-0.39, 0.29) is 64.5 Å². The molecule has 0 amide bonds. The lowest BCUT2D eigenvalue weighted by Crippen LogP contribution is -3.00. The minimum Gasteiger partial charge on any atom is -1.00 e. The summed E-state index contributed by atoms with van der Waals surface area (Å²) < 4.78 is 34.4. The monoisotopic (exact) mass is 784 g/mol. The molecule has 10 heteroatoms. The van der Waals surface area contributed by atoms with E-state index in [1.54, 1.807) is 0 Å². The van der Waals surface area contributed by atoms with Crippen LogP contribution in [0.4, 0.5) is 0 Å². The molecule has 10 rings (SSSR count). The number of nitrogens with one attached hydrogen (secondary N) is 1. The molecule has 2 saturated carbocycles. The van der Waals surface area contributed by atoms with E-state index in [1.807, 2.05) is 6.07 Å². The fraction of sp³-hybridized carbons (Fsp3) is 0.558. The van der Waals surface area contributed by atoms with Crippen molar-refractivity contribution in [3.63, 3.8) is 0 Å². The van der Waals surface area contributed by atoms with Gasteiger partial charge in [-0.05, 0) is 66.7 Å². The topological polar surface area (TPSA) is 110 Å². The highest BCUT2D eigenvalue weighted by molar-refractivity contribution is 5.92. The number of H-pyrrole nitrogens is 1. The second kappa shape index (κ2) is 12.6. The van der Waals surface area contributed by atoms with Gasteiger partial charge in [-0.25, -0.2) is 9.36 Å². The number of hydrogen-bond acceptors (Lipinski definition) is 7. The Balaban J connectivity index is 0.00000372. The van der Waals surface area contributed by atoms with Crippen molar-refractivity contribution in [2.45, 2.75) is 126 Å². The highest BCUT2D eigenvalue weighted by Gasteiger charge is 3.01. The van der Waals surface area contributed by atoms with Crippen LogP contribution in [0.15, 0.2) is 66.1 Å². The Morgan fingerprint density at radius 1 is 1.02 bits per heavy atom. The van der Waals surface area contributed by atoms with Crippen LogP contribution in [-0.4, -0.2) is 64.7 Å². The maximum atomic E-state index is 13.6. The summed E-state index contributed by atoms with van der Waals surface area (Å²) in [5, 5.41) is 1.23. The average molecular weight is 786 g/mol. The molecule has 2 aromatic heterocycles. The van der Waals surface area contributed by atoms with Gasteiger partial charge >= 0.3 is 11.9 Å².